The number of nitrogens with two attached hydrogens (primary N) is 1. The molecule has 0 spiro atoms. The van der Waals surface area contributed by atoms with Crippen molar-refractivity contribution in [3.8, 4) is 11.1 Å². The number of amides is 2. The Hall–Kier alpha value is -4.66. The quantitative estimate of drug-likeness (QED) is 0.215. The van der Waals surface area contributed by atoms with Crippen molar-refractivity contribution in [3.05, 3.63) is 94.0 Å². The molecule has 0 unspecified atom stereocenters. The van der Waals surface area contributed by atoms with E-state index in [9.17, 15) is 14.4 Å². The van der Waals surface area contributed by atoms with Gasteiger partial charge < -0.3 is 16.0 Å². The lowest BCUT2D eigenvalue weighted by atomic mass is 10.0. The minimum atomic E-state index is -0.349. The van der Waals surface area contributed by atoms with Gasteiger partial charge >= 0.3 is 0 Å². The summed E-state index contributed by atoms with van der Waals surface area (Å²) in [5.74, 6) is -0.533. The molecule has 0 saturated carbocycles. The summed E-state index contributed by atoms with van der Waals surface area (Å²) < 4.78 is 1.13. The summed E-state index contributed by atoms with van der Waals surface area (Å²) >= 11 is 0. The van der Waals surface area contributed by atoms with Gasteiger partial charge in [0.1, 0.15) is 5.84 Å². The molecule has 0 radical (unpaired) electrons. The summed E-state index contributed by atoms with van der Waals surface area (Å²) in [5.41, 5.74) is 12.4. The summed E-state index contributed by atoms with van der Waals surface area (Å²) in [5, 5.41) is 11.5. The predicted molar refractivity (Wildman–Crippen MR) is 132 cm³/mol. The molecule has 0 saturated heterocycles. The van der Waals surface area contributed by atoms with E-state index in [1.54, 1.807) is 36.5 Å². The van der Waals surface area contributed by atoms with E-state index in [4.69, 9.17) is 11.1 Å². The first-order valence-corrected chi connectivity index (χ1v) is 10.6. The molecule has 0 aliphatic carbocycles. The topological polar surface area (TPSA) is 146 Å². The molecule has 0 atom stereocenters. The van der Waals surface area contributed by atoms with Crippen LogP contribution in [0.1, 0.15) is 28.4 Å². The van der Waals surface area contributed by atoms with Crippen LogP contribution in [-0.2, 0) is 11.2 Å². The van der Waals surface area contributed by atoms with Crippen molar-refractivity contribution in [2.75, 3.05) is 12.0 Å². The molecule has 172 valence electrons. The molecule has 34 heavy (non-hydrogen) atoms. The van der Waals surface area contributed by atoms with Crippen LogP contribution in [0.2, 0.25) is 0 Å². The molecule has 9 nitrogen and oxygen atoms in total. The standard InChI is InChI=1S/C25H24N6O3/c1-15(32)30-31-14-19(7-9-23(31)33)17-3-5-18(6-4-17)25(34)28-11-10-16-2-8-22-20(12-16)21(13-29-22)24(26)27/h2-9,12-14,29H,10-11H2,1H3,(H3,26,27)(H,28,34)(H,30,32). The number of hydrogen-bond acceptors (Lipinski definition) is 4. The lowest BCUT2D eigenvalue weighted by Crippen LogP contribution is -2.30. The fourth-order valence-electron chi connectivity index (χ4n) is 3.70. The third-order valence-electron chi connectivity index (χ3n) is 5.40. The second-order valence-corrected chi connectivity index (χ2v) is 7.87. The lowest BCUT2D eigenvalue weighted by molar-refractivity contribution is -0.115. The van der Waals surface area contributed by atoms with Crippen molar-refractivity contribution in [1.82, 2.24) is 15.0 Å². The van der Waals surface area contributed by atoms with E-state index in [0.29, 0.717) is 24.1 Å². The van der Waals surface area contributed by atoms with Gasteiger partial charge in [0.05, 0.1) is 0 Å². The van der Waals surface area contributed by atoms with E-state index in [0.717, 1.165) is 32.3 Å². The van der Waals surface area contributed by atoms with Gasteiger partial charge in [0.15, 0.2) is 0 Å². The molecule has 9 heteroatoms. The Bertz CT molecular complexity index is 1450. The number of carbonyl (C=O) groups excluding carboxylic acids is 2. The second-order valence-electron chi connectivity index (χ2n) is 7.87. The normalized spacial score (nSPS) is 10.7. The van der Waals surface area contributed by atoms with Crippen molar-refractivity contribution < 1.29 is 9.59 Å². The number of nitrogen functional groups attached to an aromatic ring is 1. The summed E-state index contributed by atoms with van der Waals surface area (Å²) in [7, 11) is 0. The number of amidine groups is 1. The first kappa shape index (κ1) is 22.5. The van der Waals surface area contributed by atoms with Gasteiger partial charge in [-0.15, -0.1) is 0 Å². The van der Waals surface area contributed by atoms with Crippen molar-refractivity contribution >= 4 is 28.6 Å². The molecular formula is C25H24N6O3. The van der Waals surface area contributed by atoms with Gasteiger partial charge in [-0.05, 0) is 47.9 Å². The van der Waals surface area contributed by atoms with Crippen LogP contribution >= 0.6 is 0 Å². The van der Waals surface area contributed by atoms with Crippen LogP contribution in [0.4, 0.5) is 0 Å². The maximum absolute atomic E-state index is 12.6. The Morgan fingerprint density at radius 1 is 1.06 bits per heavy atom. The van der Waals surface area contributed by atoms with Gasteiger partial charge in [0.2, 0.25) is 5.91 Å². The first-order valence-electron chi connectivity index (χ1n) is 10.6. The van der Waals surface area contributed by atoms with E-state index in [1.165, 1.54) is 19.2 Å². The summed E-state index contributed by atoms with van der Waals surface area (Å²) in [4.78, 5) is 38.8. The number of aromatic nitrogens is 2. The SMILES string of the molecule is CC(=O)Nn1cc(-c2ccc(C(=O)NCCc3ccc4[nH]cc(C(=N)N)c4c3)cc2)ccc1=O. The zero-order valence-electron chi connectivity index (χ0n) is 18.5. The zero-order valence-corrected chi connectivity index (χ0v) is 18.5. The van der Waals surface area contributed by atoms with E-state index < -0.39 is 0 Å². The van der Waals surface area contributed by atoms with Crippen LogP contribution in [0, 0.1) is 5.41 Å². The average molecular weight is 457 g/mol. The van der Waals surface area contributed by atoms with Crippen molar-refractivity contribution in [1.29, 1.82) is 5.41 Å². The molecule has 2 amide bonds. The number of aromatic amines is 1. The number of nitrogens with one attached hydrogen (secondary N) is 4. The molecule has 4 rings (SSSR count). The third kappa shape index (κ3) is 4.88. The molecule has 2 aromatic carbocycles. The number of fused-ring (bicyclic) bond motifs is 1. The highest BCUT2D eigenvalue weighted by atomic mass is 16.2. The Morgan fingerprint density at radius 3 is 2.50 bits per heavy atom. The molecule has 0 bridgehead atoms. The Morgan fingerprint density at radius 2 is 1.79 bits per heavy atom. The number of nitrogens with zero attached hydrogens (tertiary/aromatic N) is 1. The van der Waals surface area contributed by atoms with Gasteiger partial charge in [-0.3, -0.25) is 25.2 Å². The largest absolute Gasteiger partial charge is 0.384 e. The third-order valence-corrected chi connectivity index (χ3v) is 5.40. The van der Waals surface area contributed by atoms with Crippen LogP contribution in [0.5, 0.6) is 0 Å². The Kier molecular flexibility index (Phi) is 6.26. The molecule has 0 aliphatic heterocycles. The van der Waals surface area contributed by atoms with E-state index in [-0.39, 0.29) is 23.2 Å². The fourth-order valence-corrected chi connectivity index (χ4v) is 3.70. The van der Waals surface area contributed by atoms with Crippen molar-refractivity contribution in [2.45, 2.75) is 13.3 Å². The Labute approximate surface area is 195 Å². The molecule has 0 fully saturated rings. The van der Waals surface area contributed by atoms with E-state index in [1.807, 2.05) is 18.2 Å². The van der Waals surface area contributed by atoms with Gasteiger partial charge in [0.25, 0.3) is 11.5 Å². The first-order chi connectivity index (χ1) is 16.3. The molecule has 4 aromatic rings. The number of pyridine rings is 1. The Balaban J connectivity index is 1.39. The van der Waals surface area contributed by atoms with Crippen molar-refractivity contribution in [3.63, 3.8) is 0 Å². The lowest BCUT2D eigenvalue weighted by Gasteiger charge is -2.09. The van der Waals surface area contributed by atoms with Gasteiger partial charge in [-0.2, -0.15) is 0 Å². The highest BCUT2D eigenvalue weighted by Gasteiger charge is 2.09. The monoisotopic (exact) mass is 456 g/mol. The number of H-pyrrole nitrogens is 1. The van der Waals surface area contributed by atoms with E-state index in [2.05, 4.69) is 15.7 Å². The molecule has 0 aliphatic rings. The minimum absolute atomic E-state index is 0.00838. The number of benzene rings is 2. The molecule has 6 N–H and O–H groups in total. The highest BCUT2D eigenvalue weighted by molar-refractivity contribution is 6.07. The van der Waals surface area contributed by atoms with Crippen LogP contribution < -0.4 is 22.0 Å². The summed E-state index contributed by atoms with van der Waals surface area (Å²) in [6.45, 7) is 1.78. The van der Waals surface area contributed by atoms with Crippen LogP contribution in [0.25, 0.3) is 22.0 Å². The minimum Gasteiger partial charge on any atom is -0.384 e. The number of hydrogen-bond donors (Lipinski definition) is 5. The average Bonchev–Trinajstić information content (AvgIpc) is 3.24. The summed E-state index contributed by atoms with van der Waals surface area (Å²) in [6, 6.07) is 15.9. The fraction of sp³-hybridized carbons (Fsp3) is 0.120. The highest BCUT2D eigenvalue weighted by Crippen LogP contribution is 2.20. The predicted octanol–water partition coefficient (Wildman–Crippen LogP) is 2.34. The van der Waals surface area contributed by atoms with E-state index >= 15 is 0 Å². The van der Waals surface area contributed by atoms with Gasteiger partial charge in [-0.25, -0.2) is 4.68 Å². The molecule has 2 aromatic heterocycles. The maximum Gasteiger partial charge on any atom is 0.269 e. The summed E-state index contributed by atoms with van der Waals surface area (Å²) in [6.07, 6.45) is 3.89. The number of carbonyl (C=O) groups is 2. The number of rotatable bonds is 7. The van der Waals surface area contributed by atoms with Gasteiger partial charge in [-0.1, -0.05) is 18.2 Å². The zero-order chi connectivity index (χ0) is 24.2. The molecular weight excluding hydrogens is 432 g/mol. The smallest absolute Gasteiger partial charge is 0.269 e. The second kappa shape index (κ2) is 9.45. The maximum atomic E-state index is 12.6. The van der Waals surface area contributed by atoms with Crippen LogP contribution in [0.3, 0.4) is 0 Å². The van der Waals surface area contributed by atoms with Crippen LogP contribution in [0.15, 0.2) is 71.8 Å². The van der Waals surface area contributed by atoms with Crippen LogP contribution in [-0.4, -0.2) is 33.9 Å². The molecule has 2 heterocycles. The van der Waals surface area contributed by atoms with Crippen molar-refractivity contribution in [2.24, 2.45) is 5.73 Å². The van der Waals surface area contributed by atoms with Gasteiger partial charge in [0, 0.05) is 59.5 Å².